The van der Waals surface area contributed by atoms with Crippen LogP contribution in [0.15, 0.2) is 40.2 Å². The molecule has 0 bridgehead atoms. The third-order valence-corrected chi connectivity index (χ3v) is 4.77. The van der Waals surface area contributed by atoms with Crippen molar-refractivity contribution in [2.24, 2.45) is 0 Å². The summed E-state index contributed by atoms with van der Waals surface area (Å²) in [5.41, 5.74) is 1.30. The predicted molar refractivity (Wildman–Crippen MR) is 104 cm³/mol. The van der Waals surface area contributed by atoms with Gasteiger partial charge in [0, 0.05) is 22.1 Å². The fraction of sp³-hybridized carbons (Fsp3) is 0.333. The van der Waals surface area contributed by atoms with Crippen LogP contribution in [0.5, 0.6) is 0 Å². The van der Waals surface area contributed by atoms with Crippen molar-refractivity contribution in [3.05, 3.63) is 50.6 Å². The number of hydrogen-bond donors (Lipinski definition) is 2. The second kappa shape index (κ2) is 8.49. The van der Waals surface area contributed by atoms with Crippen LogP contribution in [0.2, 0.25) is 0 Å². The second-order valence-corrected chi connectivity index (χ2v) is 8.29. The van der Waals surface area contributed by atoms with Crippen LogP contribution in [0.3, 0.4) is 0 Å². The van der Waals surface area contributed by atoms with Crippen LogP contribution in [0.4, 0.5) is 10.5 Å². The molecule has 134 valence electrons. The van der Waals surface area contributed by atoms with Crippen molar-refractivity contribution >= 4 is 45.0 Å². The van der Waals surface area contributed by atoms with Gasteiger partial charge in [-0.1, -0.05) is 12.1 Å². The molecule has 0 aliphatic rings. The molecule has 5 nitrogen and oxygen atoms in total. The van der Waals surface area contributed by atoms with Gasteiger partial charge in [-0.05, 0) is 66.9 Å². The lowest BCUT2D eigenvalue weighted by molar-refractivity contribution is 0.0528. The van der Waals surface area contributed by atoms with E-state index in [9.17, 15) is 9.59 Å². The van der Waals surface area contributed by atoms with Gasteiger partial charge in [-0.2, -0.15) is 0 Å². The Kier molecular flexibility index (Phi) is 6.61. The Bertz CT molecular complexity index is 736. The Morgan fingerprint density at radius 2 is 1.88 bits per heavy atom. The van der Waals surface area contributed by atoms with E-state index in [1.54, 1.807) is 6.07 Å². The van der Waals surface area contributed by atoms with E-state index >= 15 is 0 Å². The number of benzene rings is 1. The molecule has 1 heterocycles. The van der Waals surface area contributed by atoms with Crippen LogP contribution < -0.4 is 10.6 Å². The second-order valence-electron chi connectivity index (χ2n) is 6.46. The largest absolute Gasteiger partial charge is 0.444 e. The molecule has 7 heteroatoms. The van der Waals surface area contributed by atoms with Crippen LogP contribution in [-0.2, 0) is 11.2 Å². The maximum Gasteiger partial charge on any atom is 0.407 e. The van der Waals surface area contributed by atoms with Gasteiger partial charge in [0.15, 0.2) is 0 Å². The number of carbonyl (C=O) groups excluding carboxylic acids is 2. The summed E-state index contributed by atoms with van der Waals surface area (Å²) in [5, 5.41) is 7.45. The van der Waals surface area contributed by atoms with E-state index in [2.05, 4.69) is 26.6 Å². The summed E-state index contributed by atoms with van der Waals surface area (Å²) >= 11 is 4.72. The van der Waals surface area contributed by atoms with Gasteiger partial charge in [0.1, 0.15) is 5.60 Å². The minimum atomic E-state index is -0.498. The minimum Gasteiger partial charge on any atom is -0.444 e. The minimum absolute atomic E-state index is 0.130. The number of thiophene rings is 1. The molecule has 0 saturated carbocycles. The SMILES string of the molecule is CC(C)(C)OC(=O)NCCc1ccc(NC(=O)c2cc(Br)cs2)cc1. The molecule has 0 aliphatic carbocycles. The highest BCUT2D eigenvalue weighted by Gasteiger charge is 2.15. The van der Waals surface area contributed by atoms with E-state index in [0.29, 0.717) is 17.8 Å². The lowest BCUT2D eigenvalue weighted by Crippen LogP contribution is -2.33. The molecule has 0 unspecified atom stereocenters. The van der Waals surface area contributed by atoms with Gasteiger partial charge in [-0.3, -0.25) is 4.79 Å². The van der Waals surface area contributed by atoms with Crippen molar-refractivity contribution in [2.45, 2.75) is 32.8 Å². The summed E-state index contributed by atoms with van der Waals surface area (Å²) in [6.45, 7) is 5.97. The molecular weight excluding hydrogens is 404 g/mol. The summed E-state index contributed by atoms with van der Waals surface area (Å²) in [6, 6.07) is 9.34. The molecule has 2 aromatic rings. The van der Waals surface area contributed by atoms with Crippen molar-refractivity contribution in [1.29, 1.82) is 0 Å². The first-order chi connectivity index (χ1) is 11.7. The van der Waals surface area contributed by atoms with Crippen molar-refractivity contribution in [3.63, 3.8) is 0 Å². The highest BCUT2D eigenvalue weighted by Crippen LogP contribution is 2.21. The lowest BCUT2D eigenvalue weighted by atomic mass is 10.1. The number of amides is 2. The standard InChI is InChI=1S/C18H21BrN2O3S/c1-18(2,3)24-17(23)20-9-8-12-4-6-14(7-5-12)21-16(22)15-10-13(19)11-25-15/h4-7,10-11H,8-9H2,1-3H3,(H,20,23)(H,21,22). The van der Waals surface area contributed by atoms with Crippen molar-refractivity contribution < 1.29 is 14.3 Å². The van der Waals surface area contributed by atoms with E-state index in [-0.39, 0.29) is 5.91 Å². The van der Waals surface area contributed by atoms with Crippen molar-refractivity contribution in [3.8, 4) is 0 Å². The summed E-state index contributed by atoms with van der Waals surface area (Å²) in [4.78, 5) is 24.3. The molecule has 0 aliphatic heterocycles. The Morgan fingerprint density at radius 3 is 2.44 bits per heavy atom. The van der Waals surface area contributed by atoms with Gasteiger partial charge in [0.05, 0.1) is 4.88 Å². The number of alkyl carbamates (subject to hydrolysis) is 1. The molecule has 2 N–H and O–H groups in total. The van der Waals surface area contributed by atoms with Gasteiger partial charge in [0.25, 0.3) is 5.91 Å². The normalized spacial score (nSPS) is 11.0. The fourth-order valence-corrected chi connectivity index (χ4v) is 3.32. The first-order valence-electron chi connectivity index (χ1n) is 7.84. The van der Waals surface area contributed by atoms with Crippen molar-refractivity contribution in [2.75, 3.05) is 11.9 Å². The van der Waals surface area contributed by atoms with Crippen LogP contribution in [0, 0.1) is 0 Å². The summed E-state index contributed by atoms with van der Waals surface area (Å²) < 4.78 is 6.08. The molecule has 0 spiro atoms. The van der Waals surface area contributed by atoms with E-state index in [1.165, 1.54) is 11.3 Å². The number of ether oxygens (including phenoxy) is 1. The maximum atomic E-state index is 12.1. The maximum absolute atomic E-state index is 12.1. The topological polar surface area (TPSA) is 67.4 Å². The van der Waals surface area contributed by atoms with Crippen molar-refractivity contribution in [1.82, 2.24) is 5.32 Å². The molecular formula is C18H21BrN2O3S. The van der Waals surface area contributed by atoms with Gasteiger partial charge in [-0.25, -0.2) is 4.79 Å². The average Bonchev–Trinajstić information content (AvgIpc) is 2.94. The molecule has 0 fully saturated rings. The highest BCUT2D eigenvalue weighted by molar-refractivity contribution is 9.10. The molecule has 0 atom stereocenters. The van der Waals surface area contributed by atoms with Crippen LogP contribution in [0.1, 0.15) is 36.0 Å². The Balaban J connectivity index is 1.80. The van der Waals surface area contributed by atoms with Gasteiger partial charge < -0.3 is 15.4 Å². The third kappa shape index (κ3) is 6.88. The number of carbonyl (C=O) groups is 2. The Hall–Kier alpha value is -1.86. The lowest BCUT2D eigenvalue weighted by Gasteiger charge is -2.19. The number of halogens is 1. The first kappa shape index (κ1) is 19.5. The Morgan fingerprint density at radius 1 is 1.20 bits per heavy atom. The third-order valence-electron chi connectivity index (χ3n) is 3.08. The monoisotopic (exact) mass is 424 g/mol. The smallest absolute Gasteiger partial charge is 0.407 e. The number of rotatable bonds is 5. The predicted octanol–water partition coefficient (Wildman–Crippen LogP) is 4.83. The summed E-state index contributed by atoms with van der Waals surface area (Å²) in [5.74, 6) is -0.130. The zero-order valence-corrected chi connectivity index (χ0v) is 16.8. The highest BCUT2D eigenvalue weighted by atomic mass is 79.9. The molecule has 0 saturated heterocycles. The van der Waals surface area contributed by atoms with Crippen LogP contribution >= 0.6 is 27.3 Å². The molecule has 1 aromatic carbocycles. The summed E-state index contributed by atoms with van der Waals surface area (Å²) in [7, 11) is 0. The van der Waals surface area contributed by atoms with E-state index < -0.39 is 11.7 Å². The quantitative estimate of drug-likeness (QED) is 0.721. The number of hydrogen-bond acceptors (Lipinski definition) is 4. The van der Waals surface area contributed by atoms with Gasteiger partial charge >= 0.3 is 6.09 Å². The van der Waals surface area contributed by atoms with E-state index in [0.717, 1.165) is 15.7 Å². The zero-order chi connectivity index (χ0) is 18.4. The molecule has 2 amide bonds. The number of anilines is 1. The van der Waals surface area contributed by atoms with Gasteiger partial charge in [0.2, 0.25) is 0 Å². The fourth-order valence-electron chi connectivity index (χ4n) is 2.00. The number of nitrogens with one attached hydrogen (secondary N) is 2. The van der Waals surface area contributed by atoms with E-state index in [1.807, 2.05) is 50.4 Å². The van der Waals surface area contributed by atoms with Gasteiger partial charge in [-0.15, -0.1) is 11.3 Å². The zero-order valence-electron chi connectivity index (χ0n) is 14.4. The summed E-state index contributed by atoms with van der Waals surface area (Å²) in [6.07, 6.45) is 0.268. The van der Waals surface area contributed by atoms with Crippen LogP contribution in [-0.4, -0.2) is 24.1 Å². The van der Waals surface area contributed by atoms with Crippen LogP contribution in [0.25, 0.3) is 0 Å². The first-order valence-corrected chi connectivity index (χ1v) is 9.51. The average molecular weight is 425 g/mol. The Labute approximate surface area is 159 Å². The molecule has 1 aromatic heterocycles. The molecule has 0 radical (unpaired) electrons. The molecule has 25 heavy (non-hydrogen) atoms. The van der Waals surface area contributed by atoms with E-state index in [4.69, 9.17) is 4.74 Å². The molecule has 2 rings (SSSR count).